The van der Waals surface area contributed by atoms with Crippen LogP contribution in [0.2, 0.25) is 0 Å². The Bertz CT molecular complexity index is 713. The zero-order chi connectivity index (χ0) is 18.7. The first-order valence-electron chi connectivity index (χ1n) is 10.0. The summed E-state index contributed by atoms with van der Waals surface area (Å²) < 4.78 is 11.2. The minimum atomic E-state index is 0. The summed E-state index contributed by atoms with van der Waals surface area (Å²) in [6.45, 7) is 5.13. The molecule has 3 rings (SSSR count). The lowest BCUT2D eigenvalue weighted by Gasteiger charge is -2.21. The Labute approximate surface area is 184 Å². The molecule has 1 aliphatic heterocycles. The number of aromatic nitrogens is 1. The Kier molecular flexibility index (Phi) is 10.7. The van der Waals surface area contributed by atoms with Crippen molar-refractivity contribution in [1.82, 2.24) is 15.6 Å². The van der Waals surface area contributed by atoms with E-state index in [9.17, 15) is 0 Å². The van der Waals surface area contributed by atoms with Crippen molar-refractivity contribution in [3.05, 3.63) is 36.0 Å². The Morgan fingerprint density at radius 3 is 2.82 bits per heavy atom. The molecule has 6 nitrogen and oxygen atoms in total. The Hall–Kier alpha value is -1.32. The second-order valence-electron chi connectivity index (χ2n) is 7.02. The van der Waals surface area contributed by atoms with Gasteiger partial charge in [-0.05, 0) is 43.2 Å². The molecular formula is C21H33IN4O2. The monoisotopic (exact) mass is 500 g/mol. The maximum Gasteiger partial charge on any atom is 0.190 e. The molecule has 28 heavy (non-hydrogen) atoms. The van der Waals surface area contributed by atoms with Gasteiger partial charge in [0.25, 0.3) is 0 Å². The number of ether oxygens (including phenoxy) is 2. The molecule has 1 fully saturated rings. The third-order valence-electron chi connectivity index (χ3n) is 5.04. The highest BCUT2D eigenvalue weighted by atomic mass is 127. The molecule has 0 spiro atoms. The molecule has 0 saturated carbocycles. The average Bonchev–Trinajstić information content (AvgIpc) is 3.13. The quantitative estimate of drug-likeness (QED) is 0.214. The van der Waals surface area contributed by atoms with E-state index in [0.29, 0.717) is 5.92 Å². The van der Waals surface area contributed by atoms with Crippen molar-refractivity contribution in [2.75, 3.05) is 46.6 Å². The van der Waals surface area contributed by atoms with Crippen LogP contribution in [0.25, 0.3) is 10.9 Å². The van der Waals surface area contributed by atoms with Crippen LogP contribution < -0.4 is 10.6 Å². The Balaban J connectivity index is 0.00000280. The predicted molar refractivity (Wildman–Crippen MR) is 126 cm³/mol. The SMILES string of the molecule is CN=C(NCCCOCC1CCOCC1)NCCc1c[nH]c2ccccc12.I. The van der Waals surface area contributed by atoms with Gasteiger partial charge in [0.1, 0.15) is 0 Å². The number of H-pyrrole nitrogens is 1. The number of hydrogen-bond acceptors (Lipinski definition) is 3. The standard InChI is InChI=1S/C21H32N4O2.HI/c1-22-21(23-10-4-12-27-16-17-8-13-26-14-9-17)24-11-7-18-15-25-20-6-3-2-5-19(18)20;/h2-3,5-6,15,17,25H,4,7-14,16H2,1H3,(H2,22,23,24);1H. The second-order valence-corrected chi connectivity index (χ2v) is 7.02. The van der Waals surface area contributed by atoms with E-state index in [4.69, 9.17) is 9.47 Å². The molecule has 0 atom stereocenters. The molecule has 1 aliphatic rings. The van der Waals surface area contributed by atoms with Crippen molar-refractivity contribution in [2.45, 2.75) is 25.7 Å². The molecule has 1 aromatic carbocycles. The van der Waals surface area contributed by atoms with Crippen LogP contribution in [0.5, 0.6) is 0 Å². The highest BCUT2D eigenvalue weighted by Gasteiger charge is 2.13. The summed E-state index contributed by atoms with van der Waals surface area (Å²) in [6, 6.07) is 8.41. The summed E-state index contributed by atoms with van der Waals surface area (Å²) in [4.78, 5) is 7.62. The van der Waals surface area contributed by atoms with Gasteiger partial charge < -0.3 is 25.1 Å². The molecule has 7 heteroatoms. The van der Waals surface area contributed by atoms with Crippen molar-refractivity contribution in [3.63, 3.8) is 0 Å². The van der Waals surface area contributed by atoms with Crippen LogP contribution in [-0.2, 0) is 15.9 Å². The largest absolute Gasteiger partial charge is 0.381 e. The van der Waals surface area contributed by atoms with E-state index in [1.165, 1.54) is 16.5 Å². The first-order valence-corrected chi connectivity index (χ1v) is 10.0. The maximum absolute atomic E-state index is 5.80. The smallest absolute Gasteiger partial charge is 0.190 e. The van der Waals surface area contributed by atoms with Gasteiger partial charge in [0.2, 0.25) is 0 Å². The first kappa shape index (κ1) is 23.0. The van der Waals surface area contributed by atoms with Crippen molar-refractivity contribution in [1.29, 1.82) is 0 Å². The lowest BCUT2D eigenvalue weighted by molar-refractivity contribution is 0.0203. The van der Waals surface area contributed by atoms with E-state index < -0.39 is 0 Å². The molecule has 3 N–H and O–H groups in total. The molecule has 1 aromatic heterocycles. The number of nitrogens with zero attached hydrogens (tertiary/aromatic N) is 1. The van der Waals surface area contributed by atoms with Crippen LogP contribution in [0.4, 0.5) is 0 Å². The molecule has 0 bridgehead atoms. The predicted octanol–water partition coefficient (Wildman–Crippen LogP) is 3.33. The summed E-state index contributed by atoms with van der Waals surface area (Å²) in [5.74, 6) is 1.52. The highest BCUT2D eigenvalue weighted by Crippen LogP contribution is 2.17. The molecule has 0 aliphatic carbocycles. The molecule has 1 saturated heterocycles. The number of fused-ring (bicyclic) bond motifs is 1. The van der Waals surface area contributed by atoms with Gasteiger partial charge in [-0.15, -0.1) is 24.0 Å². The third-order valence-corrected chi connectivity index (χ3v) is 5.04. The lowest BCUT2D eigenvalue weighted by Crippen LogP contribution is -2.39. The van der Waals surface area contributed by atoms with Crippen LogP contribution >= 0.6 is 24.0 Å². The van der Waals surface area contributed by atoms with Crippen LogP contribution in [0.15, 0.2) is 35.5 Å². The lowest BCUT2D eigenvalue weighted by atomic mass is 10.0. The summed E-state index contributed by atoms with van der Waals surface area (Å²) in [5.41, 5.74) is 2.52. The van der Waals surface area contributed by atoms with Gasteiger partial charge in [-0.25, -0.2) is 0 Å². The fraction of sp³-hybridized carbons (Fsp3) is 0.571. The van der Waals surface area contributed by atoms with E-state index in [2.05, 4.69) is 51.1 Å². The number of benzene rings is 1. The van der Waals surface area contributed by atoms with E-state index in [-0.39, 0.29) is 24.0 Å². The third kappa shape index (κ3) is 7.25. The summed E-state index contributed by atoms with van der Waals surface area (Å²) in [6.07, 6.45) is 6.29. The van der Waals surface area contributed by atoms with Crippen LogP contribution in [0.3, 0.4) is 0 Å². The second kappa shape index (κ2) is 13.0. The average molecular weight is 500 g/mol. The topological polar surface area (TPSA) is 70.7 Å². The number of rotatable bonds is 9. The van der Waals surface area contributed by atoms with Gasteiger partial charge >= 0.3 is 0 Å². The van der Waals surface area contributed by atoms with Crippen molar-refractivity contribution < 1.29 is 9.47 Å². The van der Waals surface area contributed by atoms with Crippen LogP contribution in [0.1, 0.15) is 24.8 Å². The van der Waals surface area contributed by atoms with Crippen molar-refractivity contribution in [2.24, 2.45) is 10.9 Å². The normalized spacial score (nSPS) is 15.4. The Morgan fingerprint density at radius 1 is 1.21 bits per heavy atom. The number of nitrogens with one attached hydrogen (secondary N) is 3. The first-order chi connectivity index (χ1) is 13.4. The minimum Gasteiger partial charge on any atom is -0.381 e. The van der Waals surface area contributed by atoms with Crippen molar-refractivity contribution in [3.8, 4) is 0 Å². The number of aliphatic imine (C=N–C) groups is 1. The molecule has 0 unspecified atom stereocenters. The molecule has 2 heterocycles. The summed E-state index contributed by atoms with van der Waals surface area (Å²) in [7, 11) is 1.81. The minimum absolute atomic E-state index is 0. The fourth-order valence-corrected chi connectivity index (χ4v) is 3.42. The van der Waals surface area contributed by atoms with Crippen molar-refractivity contribution >= 4 is 40.8 Å². The molecule has 0 radical (unpaired) electrons. The van der Waals surface area contributed by atoms with E-state index in [1.54, 1.807) is 0 Å². The van der Waals surface area contributed by atoms with Gasteiger partial charge in [0, 0.05) is 63.7 Å². The molecule has 0 amide bonds. The summed E-state index contributed by atoms with van der Waals surface area (Å²) >= 11 is 0. The number of para-hydroxylation sites is 1. The van der Waals surface area contributed by atoms with Gasteiger partial charge in [-0.1, -0.05) is 18.2 Å². The van der Waals surface area contributed by atoms with Gasteiger partial charge in [-0.2, -0.15) is 0 Å². The molecule has 156 valence electrons. The summed E-state index contributed by atoms with van der Waals surface area (Å²) in [5, 5.41) is 8.04. The number of aromatic amines is 1. The maximum atomic E-state index is 5.80. The van der Waals surface area contributed by atoms with Gasteiger partial charge in [-0.3, -0.25) is 4.99 Å². The number of hydrogen-bond donors (Lipinski definition) is 3. The molecule has 2 aromatic rings. The molecular weight excluding hydrogens is 467 g/mol. The van der Waals surface area contributed by atoms with E-state index in [1.807, 2.05) is 7.05 Å². The van der Waals surface area contributed by atoms with E-state index >= 15 is 0 Å². The zero-order valence-electron chi connectivity index (χ0n) is 16.7. The van der Waals surface area contributed by atoms with Gasteiger partial charge in [0.05, 0.1) is 0 Å². The number of guanidine groups is 1. The zero-order valence-corrected chi connectivity index (χ0v) is 19.0. The van der Waals surface area contributed by atoms with Crippen LogP contribution in [-0.4, -0.2) is 57.5 Å². The van der Waals surface area contributed by atoms with Crippen LogP contribution in [0, 0.1) is 5.92 Å². The Morgan fingerprint density at radius 2 is 2.00 bits per heavy atom. The fourth-order valence-electron chi connectivity index (χ4n) is 3.42. The van der Waals surface area contributed by atoms with Gasteiger partial charge in [0.15, 0.2) is 5.96 Å². The number of halogens is 1. The van der Waals surface area contributed by atoms with E-state index in [0.717, 1.165) is 71.2 Å². The highest BCUT2D eigenvalue weighted by molar-refractivity contribution is 14.0.